The van der Waals surface area contributed by atoms with Gasteiger partial charge in [-0.15, -0.1) is 0 Å². The minimum atomic E-state index is -3.15. The first-order chi connectivity index (χ1) is 18.2. The molecule has 2 aromatic carbocycles. The van der Waals surface area contributed by atoms with Crippen LogP contribution in [0.4, 0.5) is 5.69 Å². The van der Waals surface area contributed by atoms with Crippen molar-refractivity contribution in [2.75, 3.05) is 18.1 Å². The summed E-state index contributed by atoms with van der Waals surface area (Å²) in [6.07, 6.45) is 4.19. The molecule has 1 fully saturated rings. The maximum absolute atomic E-state index is 13.3. The second-order valence-electron chi connectivity index (χ2n) is 9.45. The molecule has 1 unspecified atom stereocenters. The van der Waals surface area contributed by atoms with E-state index in [0.717, 1.165) is 12.0 Å². The second-order valence-corrected chi connectivity index (χ2v) is 11.7. The predicted molar refractivity (Wildman–Crippen MR) is 141 cm³/mol. The van der Waals surface area contributed by atoms with Gasteiger partial charge in [-0.05, 0) is 54.5 Å². The second kappa shape index (κ2) is 10.3. The fourth-order valence-corrected chi connectivity index (χ4v) is 6.69. The first-order valence-corrected chi connectivity index (χ1v) is 14.1. The maximum Gasteiger partial charge on any atom is 0.339 e. The monoisotopic (exact) mass is 535 g/mol. The molecule has 2 aliphatic rings. The number of fused-ring (bicyclic) bond motifs is 2. The van der Waals surface area contributed by atoms with E-state index in [1.165, 1.54) is 12.1 Å². The largest absolute Gasteiger partial charge is 0.452 e. The van der Waals surface area contributed by atoms with Crippen LogP contribution in [0.15, 0.2) is 48.5 Å². The summed E-state index contributed by atoms with van der Waals surface area (Å²) >= 11 is 0. The predicted octanol–water partition coefficient (Wildman–Crippen LogP) is 3.48. The van der Waals surface area contributed by atoms with E-state index in [0.29, 0.717) is 52.5 Å². The Hall–Kier alpha value is -4.12. The lowest BCUT2D eigenvalue weighted by Crippen LogP contribution is -2.38. The number of para-hydroxylation sites is 1. The van der Waals surface area contributed by atoms with E-state index in [9.17, 15) is 28.1 Å². The number of carbonyl (C=O) groups excluding carboxylic acids is 2. The van der Waals surface area contributed by atoms with Gasteiger partial charge in [-0.2, -0.15) is 0 Å². The standard InChI is InChI=1S/C27H25N3O7S/c31-24(28-19-11-12-38(35,36)16-19)15-37-27(32)25-21-8-1-2-10-23(21)29-26-18(6-4-9-22(25)26)13-17-5-3-7-20(14-17)30(33)34/h1-3,5,7-8,10,13-14,19H,4,6,9,11-12,15-16H2,(H,28,31)/b18-13-. The molecule has 10 nitrogen and oxygen atoms in total. The van der Waals surface area contributed by atoms with Crippen LogP contribution in [0.25, 0.3) is 22.6 Å². The molecule has 5 rings (SSSR count). The number of carbonyl (C=O) groups is 2. The Morgan fingerprint density at radius 3 is 2.74 bits per heavy atom. The molecule has 1 atom stereocenters. The number of rotatable bonds is 6. The van der Waals surface area contributed by atoms with Crippen LogP contribution < -0.4 is 5.32 Å². The van der Waals surface area contributed by atoms with Crippen LogP contribution >= 0.6 is 0 Å². The highest BCUT2D eigenvalue weighted by Gasteiger charge is 2.30. The summed E-state index contributed by atoms with van der Waals surface area (Å²) in [5.41, 5.74) is 3.77. The van der Waals surface area contributed by atoms with Gasteiger partial charge in [0.2, 0.25) is 0 Å². The Morgan fingerprint density at radius 1 is 1.16 bits per heavy atom. The Labute approximate surface area is 218 Å². The highest BCUT2D eigenvalue weighted by atomic mass is 32.2. The fourth-order valence-electron chi connectivity index (χ4n) is 5.02. The molecule has 3 aromatic rings. The lowest BCUT2D eigenvalue weighted by atomic mass is 9.86. The molecular weight excluding hydrogens is 510 g/mol. The van der Waals surface area contributed by atoms with E-state index >= 15 is 0 Å². The van der Waals surface area contributed by atoms with Gasteiger partial charge in [0.15, 0.2) is 16.4 Å². The van der Waals surface area contributed by atoms with Crippen molar-refractivity contribution in [3.8, 4) is 0 Å². The Kier molecular flexibility index (Phi) is 6.94. The topological polar surface area (TPSA) is 146 Å². The average Bonchev–Trinajstić information content (AvgIpc) is 3.24. The number of nitrogens with one attached hydrogen (secondary N) is 1. The van der Waals surface area contributed by atoms with Gasteiger partial charge in [0.25, 0.3) is 11.6 Å². The van der Waals surface area contributed by atoms with Crippen LogP contribution in [0.2, 0.25) is 0 Å². The van der Waals surface area contributed by atoms with Crippen LogP contribution in [0, 0.1) is 10.1 Å². The minimum Gasteiger partial charge on any atom is -0.452 e. The number of nitro benzene ring substituents is 1. The van der Waals surface area contributed by atoms with Crippen LogP contribution in [0.1, 0.15) is 46.4 Å². The van der Waals surface area contributed by atoms with Gasteiger partial charge in [-0.3, -0.25) is 14.9 Å². The third kappa shape index (κ3) is 5.42. The number of esters is 1. The first kappa shape index (κ1) is 25.5. The van der Waals surface area contributed by atoms with Crippen LogP contribution in [0.3, 0.4) is 0 Å². The number of nitro groups is 1. The molecule has 1 aromatic heterocycles. The summed E-state index contributed by atoms with van der Waals surface area (Å²) in [7, 11) is -3.15. The molecule has 38 heavy (non-hydrogen) atoms. The molecule has 1 N–H and O–H groups in total. The number of non-ortho nitro benzene ring substituents is 1. The van der Waals surface area contributed by atoms with Gasteiger partial charge in [-0.25, -0.2) is 18.2 Å². The van der Waals surface area contributed by atoms with Gasteiger partial charge < -0.3 is 10.1 Å². The van der Waals surface area contributed by atoms with Gasteiger partial charge in [0.05, 0.1) is 33.2 Å². The highest BCUT2D eigenvalue weighted by molar-refractivity contribution is 7.91. The first-order valence-electron chi connectivity index (χ1n) is 12.2. The van der Waals surface area contributed by atoms with E-state index in [2.05, 4.69) is 5.32 Å². The van der Waals surface area contributed by atoms with Crippen molar-refractivity contribution in [3.63, 3.8) is 0 Å². The third-order valence-corrected chi connectivity index (χ3v) is 8.50. The molecule has 2 heterocycles. The zero-order valence-electron chi connectivity index (χ0n) is 20.4. The Bertz CT molecular complexity index is 1600. The number of hydrogen-bond acceptors (Lipinski definition) is 8. The number of sulfone groups is 1. The van der Waals surface area contributed by atoms with Crippen molar-refractivity contribution in [2.45, 2.75) is 31.7 Å². The normalized spacial score (nSPS) is 19.2. The van der Waals surface area contributed by atoms with Crippen molar-refractivity contribution in [1.29, 1.82) is 0 Å². The number of amides is 1. The van der Waals surface area contributed by atoms with Crippen molar-refractivity contribution >= 4 is 50.0 Å². The lowest BCUT2D eigenvalue weighted by molar-refractivity contribution is -0.384. The zero-order valence-corrected chi connectivity index (χ0v) is 21.2. The molecule has 1 amide bonds. The lowest BCUT2D eigenvalue weighted by Gasteiger charge is -2.22. The Morgan fingerprint density at radius 2 is 1.97 bits per heavy atom. The molecule has 0 spiro atoms. The zero-order chi connectivity index (χ0) is 26.9. The average molecular weight is 536 g/mol. The number of aromatic nitrogens is 1. The van der Waals surface area contributed by atoms with Crippen molar-refractivity contribution in [3.05, 3.63) is 81.0 Å². The minimum absolute atomic E-state index is 0.0143. The number of pyridine rings is 1. The number of benzene rings is 2. The summed E-state index contributed by atoms with van der Waals surface area (Å²) in [4.78, 5) is 41.3. The van der Waals surface area contributed by atoms with Crippen LogP contribution in [0.5, 0.6) is 0 Å². The van der Waals surface area contributed by atoms with E-state index in [1.807, 2.05) is 12.1 Å². The van der Waals surface area contributed by atoms with Crippen LogP contribution in [-0.4, -0.2) is 54.4 Å². The van der Waals surface area contributed by atoms with Crippen molar-refractivity contribution in [1.82, 2.24) is 10.3 Å². The van der Waals surface area contributed by atoms with E-state index in [4.69, 9.17) is 9.72 Å². The highest BCUT2D eigenvalue weighted by Crippen LogP contribution is 2.36. The summed E-state index contributed by atoms with van der Waals surface area (Å²) in [6, 6.07) is 13.0. The Balaban J connectivity index is 1.45. The number of hydrogen-bond donors (Lipinski definition) is 1. The molecule has 1 saturated heterocycles. The smallest absolute Gasteiger partial charge is 0.339 e. The summed E-state index contributed by atoms with van der Waals surface area (Å²) in [6.45, 7) is -0.531. The molecule has 0 bridgehead atoms. The van der Waals surface area contributed by atoms with Crippen LogP contribution in [-0.2, 0) is 25.8 Å². The van der Waals surface area contributed by atoms with Gasteiger partial charge in [0, 0.05) is 23.6 Å². The summed E-state index contributed by atoms with van der Waals surface area (Å²) < 4.78 is 28.7. The van der Waals surface area contributed by atoms with Crippen molar-refractivity contribution in [2.24, 2.45) is 0 Å². The molecule has 11 heteroatoms. The third-order valence-electron chi connectivity index (χ3n) is 6.73. The van der Waals surface area contributed by atoms with E-state index in [-0.39, 0.29) is 17.2 Å². The summed E-state index contributed by atoms with van der Waals surface area (Å²) in [5.74, 6) is -1.31. The maximum atomic E-state index is 13.3. The molecule has 196 valence electrons. The van der Waals surface area contributed by atoms with Gasteiger partial charge in [0.1, 0.15) is 0 Å². The van der Waals surface area contributed by atoms with E-state index in [1.54, 1.807) is 30.3 Å². The number of nitrogens with zero attached hydrogens (tertiary/aromatic N) is 2. The molecule has 1 aliphatic carbocycles. The van der Waals surface area contributed by atoms with Gasteiger partial charge in [-0.1, -0.05) is 30.3 Å². The molecule has 0 saturated carbocycles. The molecule has 1 aliphatic heterocycles. The van der Waals surface area contributed by atoms with Gasteiger partial charge >= 0.3 is 5.97 Å². The molecule has 0 radical (unpaired) electrons. The fraction of sp³-hybridized carbons (Fsp3) is 0.296. The quantitative estimate of drug-likeness (QED) is 0.287. The molecular formula is C27H25N3O7S. The summed E-state index contributed by atoms with van der Waals surface area (Å²) in [5, 5.41) is 14.4. The SMILES string of the molecule is O=C(COC(=O)c1c2c(nc3ccccc13)/C(=C\c1cccc([N+](=O)[O-])c1)CCC2)NC1CCS(=O)(=O)C1. The van der Waals surface area contributed by atoms with E-state index < -0.39 is 39.3 Å². The number of ether oxygens (including phenoxy) is 1. The number of allylic oxidation sites excluding steroid dienone is 1. The van der Waals surface area contributed by atoms with Crippen molar-refractivity contribution < 1.29 is 27.7 Å².